The molecule has 0 bridgehead atoms. The van der Waals surface area contributed by atoms with Gasteiger partial charge in [-0.2, -0.15) is 18.6 Å². The molecule has 0 aliphatic heterocycles. The number of anilines is 1. The van der Waals surface area contributed by atoms with E-state index in [9.17, 15) is 13.2 Å². The highest BCUT2D eigenvalue weighted by Crippen LogP contribution is 2.40. The first kappa shape index (κ1) is 20.2. The smallest absolute Gasteiger partial charge is 0.306 e. The van der Waals surface area contributed by atoms with E-state index in [1.165, 1.54) is 23.3 Å². The average molecular weight is 456 g/mol. The van der Waals surface area contributed by atoms with Gasteiger partial charge in [0.25, 0.3) is 10.0 Å². The van der Waals surface area contributed by atoms with Crippen LogP contribution in [0.15, 0.2) is 48.0 Å². The predicted octanol–water partition coefficient (Wildman–Crippen LogP) is 2.93. The predicted molar refractivity (Wildman–Crippen MR) is 122 cm³/mol. The van der Waals surface area contributed by atoms with Crippen LogP contribution >= 0.6 is 0 Å². The van der Waals surface area contributed by atoms with Crippen molar-refractivity contribution in [2.24, 2.45) is 7.05 Å². The van der Waals surface area contributed by atoms with Crippen LogP contribution in [0.1, 0.15) is 26.0 Å². The van der Waals surface area contributed by atoms with Crippen LogP contribution in [0.25, 0.3) is 16.8 Å². The minimum atomic E-state index is -4.10. The molecule has 0 fully saturated rings. The number of nitrogens with one attached hydrogen (secondary N) is 2. The van der Waals surface area contributed by atoms with Gasteiger partial charge in [0, 0.05) is 33.4 Å². The summed E-state index contributed by atoms with van der Waals surface area (Å²) in [7, 11) is -2.49. The fraction of sp³-hybridized carbons (Fsp3) is 0.238. The zero-order chi connectivity index (χ0) is 22.5. The van der Waals surface area contributed by atoms with Gasteiger partial charge in [-0.3, -0.25) is 4.68 Å². The molecule has 3 heterocycles. The number of carbonyl (C=O) groups is 1. The van der Waals surface area contributed by atoms with Gasteiger partial charge in [-0.1, -0.05) is 6.07 Å². The number of carbonyl (C=O) groups excluding carboxylic acids is 1. The number of nitrogens with zero attached hydrogens (tertiary/aromatic N) is 5. The average Bonchev–Trinajstić information content (AvgIpc) is 3.47. The molecule has 10 nitrogen and oxygen atoms in total. The Bertz CT molecular complexity index is 1480. The summed E-state index contributed by atoms with van der Waals surface area (Å²) >= 11 is 0. The number of urea groups is 1. The third-order valence-electron chi connectivity index (χ3n) is 5.59. The monoisotopic (exact) mass is 455 g/mol. The molecule has 1 aliphatic rings. The van der Waals surface area contributed by atoms with Crippen LogP contribution in [0.3, 0.4) is 0 Å². The van der Waals surface area contributed by atoms with Crippen molar-refractivity contribution in [3.05, 3.63) is 59.7 Å². The number of aryl methyl sites for hydroxylation is 3. The molecular formula is C21H25N7O3S. The largest absolute Gasteiger partial charge is 0.333 e. The standard InChI is InChI=1S/C21H21N7O3S.2H2/c1-13-10-14-4-3-5-16(14)20(19(13)15-6-7-17-22-12-23-28(17)11-15)24-21(29)26-32(30,31)18-8-9-27(2)25-18;;/h6-12H,3-5H2,1-2H3,(H2,24,26,29);2*1H. The molecule has 3 aromatic heterocycles. The van der Waals surface area contributed by atoms with E-state index in [0.717, 1.165) is 47.1 Å². The highest BCUT2D eigenvalue weighted by molar-refractivity contribution is 7.90. The molecule has 0 unspecified atom stereocenters. The fourth-order valence-corrected chi connectivity index (χ4v) is 5.09. The minimum Gasteiger partial charge on any atom is -0.306 e. The third-order valence-corrected chi connectivity index (χ3v) is 6.81. The van der Waals surface area contributed by atoms with Gasteiger partial charge in [0.05, 0.1) is 5.69 Å². The fourth-order valence-electron chi connectivity index (χ4n) is 4.22. The maximum absolute atomic E-state index is 12.8. The van der Waals surface area contributed by atoms with E-state index in [-0.39, 0.29) is 7.88 Å². The van der Waals surface area contributed by atoms with Crippen molar-refractivity contribution in [3.63, 3.8) is 0 Å². The first-order valence-electron chi connectivity index (χ1n) is 10.1. The molecule has 1 aliphatic carbocycles. The molecule has 4 aromatic rings. The zero-order valence-electron chi connectivity index (χ0n) is 17.5. The van der Waals surface area contributed by atoms with Crippen molar-refractivity contribution >= 4 is 27.4 Å². The summed E-state index contributed by atoms with van der Waals surface area (Å²) < 4.78 is 30.2. The second-order valence-corrected chi connectivity index (χ2v) is 9.43. The Hall–Kier alpha value is -3.73. The van der Waals surface area contributed by atoms with Crippen molar-refractivity contribution in [2.45, 2.75) is 31.2 Å². The molecule has 5 rings (SSSR count). The van der Waals surface area contributed by atoms with Gasteiger partial charge in [-0.15, -0.1) is 0 Å². The summed E-state index contributed by atoms with van der Waals surface area (Å²) in [6, 6.07) is 6.40. The van der Waals surface area contributed by atoms with Crippen molar-refractivity contribution in [3.8, 4) is 11.1 Å². The summed E-state index contributed by atoms with van der Waals surface area (Å²) in [4.78, 5) is 17.0. The molecule has 2 N–H and O–H groups in total. The number of pyridine rings is 1. The van der Waals surface area contributed by atoms with Gasteiger partial charge in [0.2, 0.25) is 0 Å². The summed E-state index contributed by atoms with van der Waals surface area (Å²) in [5.41, 5.74) is 6.16. The molecule has 0 saturated heterocycles. The topological polar surface area (TPSA) is 123 Å². The lowest BCUT2D eigenvalue weighted by atomic mass is 9.93. The molecule has 2 amide bonds. The SMILES string of the molecule is Cc1cc2c(c(NC(=O)NS(=O)(=O)c3ccn(C)n3)c1-c1ccc3ncnn3c1)CCC2.[HH].[HH]. The normalized spacial score (nSPS) is 13.3. The summed E-state index contributed by atoms with van der Waals surface area (Å²) in [5, 5.41) is 10.7. The lowest BCUT2D eigenvalue weighted by molar-refractivity contribution is 0.256. The lowest BCUT2D eigenvalue weighted by Gasteiger charge is -2.19. The quantitative estimate of drug-likeness (QED) is 0.488. The van der Waals surface area contributed by atoms with Gasteiger partial charge < -0.3 is 5.32 Å². The molecular weight excluding hydrogens is 430 g/mol. The number of amides is 2. The van der Waals surface area contributed by atoms with Crippen LogP contribution in [0.2, 0.25) is 0 Å². The van der Waals surface area contributed by atoms with E-state index in [4.69, 9.17) is 0 Å². The first-order valence-corrected chi connectivity index (χ1v) is 11.6. The van der Waals surface area contributed by atoms with Gasteiger partial charge in [-0.05, 0) is 61.1 Å². The molecule has 0 saturated carbocycles. The van der Waals surface area contributed by atoms with Crippen LogP contribution in [0, 0.1) is 6.92 Å². The van der Waals surface area contributed by atoms with Crippen LogP contribution in [0.5, 0.6) is 0 Å². The van der Waals surface area contributed by atoms with Gasteiger partial charge in [0.15, 0.2) is 10.7 Å². The van der Waals surface area contributed by atoms with Crippen LogP contribution in [-0.4, -0.2) is 38.8 Å². The van der Waals surface area contributed by atoms with E-state index >= 15 is 0 Å². The second-order valence-electron chi connectivity index (χ2n) is 7.80. The van der Waals surface area contributed by atoms with Crippen LogP contribution < -0.4 is 10.0 Å². The Morgan fingerprint density at radius 2 is 2.06 bits per heavy atom. The minimum absolute atomic E-state index is 0. The molecule has 0 radical (unpaired) electrons. The van der Waals surface area contributed by atoms with Gasteiger partial charge in [-0.25, -0.2) is 19.0 Å². The molecule has 32 heavy (non-hydrogen) atoms. The third kappa shape index (κ3) is 3.50. The molecule has 0 spiro atoms. The van der Waals surface area contributed by atoms with E-state index in [1.54, 1.807) is 11.6 Å². The number of hydrogen-bond donors (Lipinski definition) is 2. The maximum Gasteiger partial charge on any atom is 0.333 e. The van der Waals surface area contributed by atoms with Gasteiger partial charge in [0.1, 0.15) is 6.33 Å². The maximum atomic E-state index is 12.8. The van der Waals surface area contributed by atoms with Crippen molar-refractivity contribution < 1.29 is 16.1 Å². The lowest BCUT2D eigenvalue weighted by Crippen LogP contribution is -2.35. The molecule has 168 valence electrons. The van der Waals surface area contributed by atoms with Crippen LogP contribution in [0.4, 0.5) is 10.5 Å². The molecule has 11 heteroatoms. The van der Waals surface area contributed by atoms with Crippen LogP contribution in [-0.2, 0) is 29.9 Å². The van der Waals surface area contributed by atoms with E-state index in [0.29, 0.717) is 11.3 Å². The Kier molecular flexibility index (Phi) is 4.70. The first-order chi connectivity index (χ1) is 15.3. The zero-order valence-corrected chi connectivity index (χ0v) is 18.3. The Morgan fingerprint density at radius 1 is 1.22 bits per heavy atom. The second kappa shape index (κ2) is 7.45. The summed E-state index contributed by atoms with van der Waals surface area (Å²) in [6.45, 7) is 1.98. The van der Waals surface area contributed by atoms with Gasteiger partial charge >= 0.3 is 6.03 Å². The number of hydrogen-bond acceptors (Lipinski definition) is 6. The van der Waals surface area contributed by atoms with E-state index in [1.807, 2.05) is 25.3 Å². The van der Waals surface area contributed by atoms with Crippen molar-refractivity contribution in [1.29, 1.82) is 0 Å². The number of aromatic nitrogens is 5. The number of benzene rings is 1. The number of sulfonamides is 1. The van der Waals surface area contributed by atoms with Crippen molar-refractivity contribution in [1.82, 2.24) is 29.1 Å². The summed E-state index contributed by atoms with van der Waals surface area (Å²) in [5.74, 6) is 0. The Morgan fingerprint density at radius 3 is 2.84 bits per heavy atom. The Labute approximate surface area is 187 Å². The highest BCUT2D eigenvalue weighted by Gasteiger charge is 2.25. The number of rotatable bonds is 4. The molecule has 1 aromatic carbocycles. The summed E-state index contributed by atoms with van der Waals surface area (Å²) in [6.07, 6.45) is 7.52. The molecule has 0 atom stereocenters. The van der Waals surface area contributed by atoms with Crippen molar-refractivity contribution in [2.75, 3.05) is 5.32 Å². The van der Waals surface area contributed by atoms with E-state index in [2.05, 4.69) is 31.3 Å². The number of fused-ring (bicyclic) bond motifs is 2. The Balaban J connectivity index is 0.00000162. The highest BCUT2D eigenvalue weighted by atomic mass is 32.2. The van der Waals surface area contributed by atoms with E-state index < -0.39 is 16.1 Å².